The zero-order valence-electron chi connectivity index (χ0n) is 15.3. The maximum Gasteiger partial charge on any atom is 0.231 e. The summed E-state index contributed by atoms with van der Waals surface area (Å²) < 4.78 is 22.4. The number of methoxy groups -OCH3 is 2. The summed E-state index contributed by atoms with van der Waals surface area (Å²) in [6, 6.07) is 7.96. The SMILES string of the molecule is COc1ccc2c(c1OC)C(=C(Cl)Cl)N1CCc3cc4c(cc3C1=C2)OCO4. The van der Waals surface area contributed by atoms with E-state index in [1.165, 1.54) is 5.56 Å². The molecule has 0 N–H and O–H groups in total. The summed E-state index contributed by atoms with van der Waals surface area (Å²) in [5.41, 5.74) is 5.82. The van der Waals surface area contributed by atoms with Crippen LogP contribution < -0.4 is 18.9 Å². The van der Waals surface area contributed by atoms with Gasteiger partial charge < -0.3 is 23.8 Å². The monoisotopic (exact) mass is 417 g/mol. The van der Waals surface area contributed by atoms with E-state index < -0.39 is 0 Å². The summed E-state index contributed by atoms with van der Waals surface area (Å²) >= 11 is 12.8. The first-order valence-electron chi connectivity index (χ1n) is 8.85. The van der Waals surface area contributed by atoms with E-state index in [0.29, 0.717) is 11.5 Å². The van der Waals surface area contributed by atoms with Crippen molar-refractivity contribution in [1.82, 2.24) is 4.90 Å². The van der Waals surface area contributed by atoms with Crippen LogP contribution in [0, 0.1) is 0 Å². The van der Waals surface area contributed by atoms with Crippen molar-refractivity contribution in [1.29, 1.82) is 0 Å². The van der Waals surface area contributed by atoms with Gasteiger partial charge in [0.15, 0.2) is 23.0 Å². The summed E-state index contributed by atoms with van der Waals surface area (Å²) in [5.74, 6) is 2.79. The highest BCUT2D eigenvalue weighted by Crippen LogP contribution is 2.51. The second kappa shape index (κ2) is 6.54. The maximum absolute atomic E-state index is 6.38. The Labute approximate surface area is 172 Å². The van der Waals surface area contributed by atoms with Gasteiger partial charge in [0.05, 0.1) is 25.5 Å². The van der Waals surface area contributed by atoms with Gasteiger partial charge in [-0.05, 0) is 41.8 Å². The standard InChI is InChI=1S/C21H17Cl2NO4/c1-25-15-4-3-12-7-14-13-9-17-16(27-10-28-17)8-11(13)5-6-24(14)19(21(22)23)18(12)20(15)26-2/h3-4,7-9H,5-6,10H2,1-2H3. The van der Waals surface area contributed by atoms with Crippen LogP contribution >= 0.6 is 23.2 Å². The van der Waals surface area contributed by atoms with Crippen LogP contribution in [0.4, 0.5) is 0 Å². The van der Waals surface area contributed by atoms with E-state index in [9.17, 15) is 0 Å². The molecule has 3 aliphatic heterocycles. The largest absolute Gasteiger partial charge is 0.493 e. The average molecular weight is 418 g/mol. The highest BCUT2D eigenvalue weighted by Gasteiger charge is 2.34. The number of hydrogen-bond donors (Lipinski definition) is 0. The quantitative estimate of drug-likeness (QED) is 0.694. The van der Waals surface area contributed by atoms with E-state index >= 15 is 0 Å². The Morgan fingerprint density at radius 1 is 1.07 bits per heavy atom. The molecule has 0 aliphatic carbocycles. The number of ether oxygens (including phenoxy) is 4. The Hall–Kier alpha value is -2.50. The topological polar surface area (TPSA) is 40.2 Å². The number of hydrogen-bond acceptors (Lipinski definition) is 5. The Kier molecular flexibility index (Phi) is 4.11. The zero-order chi connectivity index (χ0) is 19.4. The third-order valence-corrected chi connectivity index (χ3v) is 5.68. The van der Waals surface area contributed by atoms with Gasteiger partial charge in [-0.15, -0.1) is 0 Å². The van der Waals surface area contributed by atoms with Gasteiger partial charge >= 0.3 is 0 Å². The first-order chi connectivity index (χ1) is 13.6. The lowest BCUT2D eigenvalue weighted by atomic mass is 9.88. The first-order valence-corrected chi connectivity index (χ1v) is 9.60. The van der Waals surface area contributed by atoms with E-state index in [1.54, 1.807) is 14.2 Å². The molecule has 5 nitrogen and oxygen atoms in total. The zero-order valence-corrected chi connectivity index (χ0v) is 16.9. The van der Waals surface area contributed by atoms with Gasteiger partial charge in [-0.3, -0.25) is 0 Å². The highest BCUT2D eigenvalue weighted by atomic mass is 35.5. The van der Waals surface area contributed by atoms with Crippen LogP contribution in [0.15, 0.2) is 28.8 Å². The van der Waals surface area contributed by atoms with Crippen LogP contribution in [-0.2, 0) is 6.42 Å². The van der Waals surface area contributed by atoms with E-state index in [4.69, 9.17) is 42.1 Å². The molecular weight excluding hydrogens is 401 g/mol. The van der Waals surface area contributed by atoms with Crippen molar-refractivity contribution >= 4 is 40.7 Å². The minimum Gasteiger partial charge on any atom is -0.493 e. The van der Waals surface area contributed by atoms with E-state index in [-0.39, 0.29) is 11.3 Å². The van der Waals surface area contributed by atoms with Crippen LogP contribution in [0.2, 0.25) is 0 Å². The predicted molar refractivity (Wildman–Crippen MR) is 109 cm³/mol. The molecule has 3 aliphatic rings. The molecule has 2 aromatic rings. The molecule has 2 aromatic carbocycles. The van der Waals surface area contributed by atoms with Gasteiger partial charge in [0, 0.05) is 17.8 Å². The fourth-order valence-electron chi connectivity index (χ4n) is 4.10. The number of halogens is 2. The van der Waals surface area contributed by atoms with E-state index in [0.717, 1.165) is 52.5 Å². The van der Waals surface area contributed by atoms with Crippen molar-refractivity contribution in [3.8, 4) is 23.0 Å². The second-order valence-corrected chi connectivity index (χ2v) is 7.62. The molecule has 0 fully saturated rings. The molecule has 0 spiro atoms. The Balaban J connectivity index is 1.77. The molecular formula is C21H17Cl2NO4. The molecule has 0 atom stereocenters. The Bertz CT molecular complexity index is 1060. The maximum atomic E-state index is 6.38. The van der Waals surface area contributed by atoms with E-state index in [1.807, 2.05) is 18.2 Å². The lowest BCUT2D eigenvalue weighted by molar-refractivity contribution is 0.174. The minimum absolute atomic E-state index is 0.183. The lowest BCUT2D eigenvalue weighted by Gasteiger charge is -2.39. The Morgan fingerprint density at radius 3 is 2.57 bits per heavy atom. The predicted octanol–water partition coefficient (Wildman–Crippen LogP) is 4.91. The number of benzene rings is 2. The second-order valence-electron chi connectivity index (χ2n) is 6.67. The van der Waals surface area contributed by atoms with Crippen LogP contribution in [0.25, 0.3) is 17.5 Å². The van der Waals surface area contributed by atoms with Gasteiger partial charge in [0.1, 0.15) is 4.49 Å². The van der Waals surface area contributed by atoms with Crippen molar-refractivity contribution in [2.75, 3.05) is 27.6 Å². The molecule has 7 heteroatoms. The summed E-state index contributed by atoms with van der Waals surface area (Å²) in [6.45, 7) is 0.982. The Morgan fingerprint density at radius 2 is 1.86 bits per heavy atom. The molecule has 144 valence electrons. The molecule has 0 radical (unpaired) electrons. The lowest BCUT2D eigenvalue weighted by Crippen LogP contribution is -2.31. The third-order valence-electron chi connectivity index (χ3n) is 5.33. The van der Waals surface area contributed by atoms with Gasteiger partial charge in [-0.25, -0.2) is 0 Å². The molecule has 0 saturated carbocycles. The van der Waals surface area contributed by atoms with Crippen LogP contribution in [0.3, 0.4) is 0 Å². The van der Waals surface area contributed by atoms with E-state index in [2.05, 4.69) is 17.0 Å². The van der Waals surface area contributed by atoms with Gasteiger partial charge in [-0.1, -0.05) is 29.3 Å². The third kappa shape index (κ3) is 2.46. The fourth-order valence-corrected chi connectivity index (χ4v) is 4.49. The fraction of sp³-hybridized carbons (Fsp3) is 0.238. The number of fused-ring (bicyclic) bond motifs is 5. The first kappa shape index (κ1) is 17.6. The minimum atomic E-state index is 0.183. The normalized spacial score (nSPS) is 16.1. The molecule has 0 amide bonds. The summed E-state index contributed by atoms with van der Waals surface area (Å²) in [4.78, 5) is 2.13. The van der Waals surface area contributed by atoms with Gasteiger partial charge in [0.25, 0.3) is 0 Å². The van der Waals surface area contributed by atoms with Crippen molar-refractivity contribution in [3.63, 3.8) is 0 Å². The van der Waals surface area contributed by atoms with Crippen LogP contribution in [0.5, 0.6) is 23.0 Å². The average Bonchev–Trinajstić information content (AvgIpc) is 3.16. The molecule has 0 saturated heterocycles. The number of rotatable bonds is 2. The molecule has 5 rings (SSSR count). The molecule has 0 bridgehead atoms. The molecule has 0 aromatic heterocycles. The smallest absolute Gasteiger partial charge is 0.231 e. The van der Waals surface area contributed by atoms with Gasteiger partial charge in [0.2, 0.25) is 6.79 Å². The molecule has 3 heterocycles. The van der Waals surface area contributed by atoms with Crippen molar-refractivity contribution in [2.45, 2.75) is 6.42 Å². The van der Waals surface area contributed by atoms with Crippen molar-refractivity contribution in [2.24, 2.45) is 0 Å². The summed E-state index contributed by atoms with van der Waals surface area (Å²) in [7, 11) is 3.23. The van der Waals surface area contributed by atoms with Crippen molar-refractivity contribution < 1.29 is 18.9 Å². The van der Waals surface area contributed by atoms with Crippen molar-refractivity contribution in [3.05, 3.63) is 51.0 Å². The number of nitrogens with zero attached hydrogens (tertiary/aromatic N) is 1. The van der Waals surface area contributed by atoms with Crippen LogP contribution in [-0.4, -0.2) is 32.5 Å². The van der Waals surface area contributed by atoms with Crippen LogP contribution in [0.1, 0.15) is 22.3 Å². The molecule has 0 unspecified atom stereocenters. The highest BCUT2D eigenvalue weighted by molar-refractivity contribution is 6.58. The summed E-state index contributed by atoms with van der Waals surface area (Å²) in [5, 5.41) is 0. The van der Waals surface area contributed by atoms with Gasteiger partial charge in [-0.2, -0.15) is 0 Å². The summed E-state index contributed by atoms with van der Waals surface area (Å²) in [6.07, 6.45) is 2.95. The molecule has 28 heavy (non-hydrogen) atoms.